The van der Waals surface area contributed by atoms with Gasteiger partial charge in [-0.1, -0.05) is 12.1 Å². The summed E-state index contributed by atoms with van der Waals surface area (Å²) in [6, 6.07) is 5.44. The Balaban J connectivity index is 2.93. The molecule has 0 unspecified atom stereocenters. The Morgan fingerprint density at radius 1 is 1.43 bits per heavy atom. The van der Waals surface area contributed by atoms with Gasteiger partial charge in [-0.05, 0) is 36.6 Å². The van der Waals surface area contributed by atoms with Gasteiger partial charge in [0.1, 0.15) is 12.4 Å². The van der Waals surface area contributed by atoms with Crippen molar-refractivity contribution in [2.75, 3.05) is 13.7 Å². The molecule has 0 amide bonds. The Kier molecular flexibility index (Phi) is 4.40. The fourth-order valence-electron chi connectivity index (χ4n) is 1.49. The molecule has 1 rings (SSSR count). The van der Waals surface area contributed by atoms with E-state index in [9.17, 15) is 4.39 Å². The zero-order valence-corrected chi connectivity index (χ0v) is 8.42. The summed E-state index contributed by atoms with van der Waals surface area (Å²) in [4.78, 5) is 0. The zero-order valence-electron chi connectivity index (χ0n) is 8.42. The SMILES string of the molecule is COc1cccc(CF)c1CCCN. The van der Waals surface area contributed by atoms with Crippen LogP contribution < -0.4 is 10.5 Å². The molecule has 2 N–H and O–H groups in total. The first kappa shape index (κ1) is 11.0. The minimum atomic E-state index is -0.447. The number of nitrogens with two attached hydrogens (primary N) is 1. The van der Waals surface area contributed by atoms with Crippen molar-refractivity contribution in [1.82, 2.24) is 0 Å². The van der Waals surface area contributed by atoms with Crippen molar-refractivity contribution in [2.24, 2.45) is 5.73 Å². The molecule has 0 aromatic heterocycles. The molecular formula is C11H16FNO. The van der Waals surface area contributed by atoms with E-state index in [2.05, 4.69) is 0 Å². The molecule has 78 valence electrons. The topological polar surface area (TPSA) is 35.2 Å². The lowest BCUT2D eigenvalue weighted by Gasteiger charge is -2.11. The van der Waals surface area contributed by atoms with Crippen LogP contribution >= 0.6 is 0 Å². The fourth-order valence-corrected chi connectivity index (χ4v) is 1.49. The third-order valence-corrected chi connectivity index (χ3v) is 2.22. The Bertz CT molecular complexity index is 266. The number of hydrogen-bond donors (Lipinski definition) is 1. The van der Waals surface area contributed by atoms with E-state index in [1.807, 2.05) is 6.07 Å². The van der Waals surface area contributed by atoms with E-state index < -0.39 is 6.67 Å². The van der Waals surface area contributed by atoms with E-state index >= 15 is 0 Å². The van der Waals surface area contributed by atoms with Crippen LogP contribution in [0.25, 0.3) is 0 Å². The van der Waals surface area contributed by atoms with E-state index in [0.29, 0.717) is 12.1 Å². The molecule has 0 radical (unpaired) electrons. The van der Waals surface area contributed by atoms with Crippen molar-refractivity contribution in [2.45, 2.75) is 19.5 Å². The predicted molar refractivity (Wildman–Crippen MR) is 55.2 cm³/mol. The van der Waals surface area contributed by atoms with Crippen LogP contribution in [0, 0.1) is 0 Å². The normalized spacial score (nSPS) is 10.2. The molecule has 0 saturated carbocycles. The first-order valence-corrected chi connectivity index (χ1v) is 4.74. The third-order valence-electron chi connectivity index (χ3n) is 2.22. The van der Waals surface area contributed by atoms with Gasteiger partial charge in [0, 0.05) is 0 Å². The number of hydrogen-bond acceptors (Lipinski definition) is 2. The molecule has 1 aromatic rings. The maximum absolute atomic E-state index is 12.6. The molecule has 0 spiro atoms. The highest BCUT2D eigenvalue weighted by Gasteiger charge is 2.07. The van der Waals surface area contributed by atoms with Crippen molar-refractivity contribution in [1.29, 1.82) is 0 Å². The second-order valence-corrected chi connectivity index (χ2v) is 3.12. The minimum Gasteiger partial charge on any atom is -0.496 e. The second-order valence-electron chi connectivity index (χ2n) is 3.12. The quantitative estimate of drug-likeness (QED) is 0.784. The lowest BCUT2D eigenvalue weighted by Crippen LogP contribution is -2.03. The molecule has 0 fully saturated rings. The van der Waals surface area contributed by atoms with Crippen LogP contribution in [0.3, 0.4) is 0 Å². The van der Waals surface area contributed by atoms with E-state index in [-0.39, 0.29) is 0 Å². The molecule has 3 heteroatoms. The van der Waals surface area contributed by atoms with Gasteiger partial charge in [0.05, 0.1) is 7.11 Å². The summed E-state index contributed by atoms with van der Waals surface area (Å²) in [5.41, 5.74) is 7.08. The summed E-state index contributed by atoms with van der Waals surface area (Å²) in [6.07, 6.45) is 1.63. The third kappa shape index (κ3) is 2.45. The summed E-state index contributed by atoms with van der Waals surface area (Å²) < 4.78 is 17.8. The van der Waals surface area contributed by atoms with Gasteiger partial charge >= 0.3 is 0 Å². The Morgan fingerprint density at radius 3 is 2.79 bits per heavy atom. The van der Waals surface area contributed by atoms with Gasteiger partial charge < -0.3 is 10.5 Å². The van der Waals surface area contributed by atoms with Crippen LogP contribution in [0.5, 0.6) is 5.75 Å². The second kappa shape index (κ2) is 5.60. The smallest absolute Gasteiger partial charge is 0.122 e. The Labute approximate surface area is 83.9 Å². The van der Waals surface area contributed by atoms with Gasteiger partial charge in [-0.3, -0.25) is 0 Å². The monoisotopic (exact) mass is 197 g/mol. The molecular weight excluding hydrogens is 181 g/mol. The molecule has 0 aliphatic heterocycles. The highest BCUT2D eigenvalue weighted by atomic mass is 19.1. The highest BCUT2D eigenvalue weighted by molar-refractivity contribution is 5.40. The lowest BCUT2D eigenvalue weighted by molar-refractivity contribution is 0.405. The van der Waals surface area contributed by atoms with Gasteiger partial charge in [-0.25, -0.2) is 4.39 Å². The van der Waals surface area contributed by atoms with E-state index in [4.69, 9.17) is 10.5 Å². The number of halogens is 1. The van der Waals surface area contributed by atoms with E-state index in [0.717, 1.165) is 24.2 Å². The number of ether oxygens (including phenoxy) is 1. The van der Waals surface area contributed by atoms with Crippen molar-refractivity contribution < 1.29 is 9.13 Å². The number of alkyl halides is 1. The maximum Gasteiger partial charge on any atom is 0.122 e. The summed E-state index contributed by atoms with van der Waals surface area (Å²) in [6.45, 7) is 0.168. The average molecular weight is 197 g/mol. The van der Waals surface area contributed by atoms with Crippen LogP contribution in [-0.2, 0) is 13.1 Å². The molecule has 0 bridgehead atoms. The summed E-state index contributed by atoms with van der Waals surface area (Å²) >= 11 is 0. The lowest BCUT2D eigenvalue weighted by atomic mass is 10.0. The maximum atomic E-state index is 12.6. The number of rotatable bonds is 5. The summed E-state index contributed by atoms with van der Waals surface area (Å²) in [5.74, 6) is 0.758. The van der Waals surface area contributed by atoms with Crippen molar-refractivity contribution in [3.8, 4) is 5.75 Å². The molecule has 1 aromatic carbocycles. The number of methoxy groups -OCH3 is 1. The minimum absolute atomic E-state index is 0.447. The van der Waals surface area contributed by atoms with Crippen LogP contribution in [0.1, 0.15) is 17.5 Å². The molecule has 14 heavy (non-hydrogen) atoms. The van der Waals surface area contributed by atoms with Crippen LogP contribution in [0.2, 0.25) is 0 Å². The van der Waals surface area contributed by atoms with Crippen molar-refractivity contribution in [3.05, 3.63) is 29.3 Å². The van der Waals surface area contributed by atoms with E-state index in [1.165, 1.54) is 0 Å². The summed E-state index contributed by atoms with van der Waals surface area (Å²) in [5, 5.41) is 0. The van der Waals surface area contributed by atoms with Crippen LogP contribution in [0.4, 0.5) is 4.39 Å². The fraction of sp³-hybridized carbons (Fsp3) is 0.455. The molecule has 0 heterocycles. The average Bonchev–Trinajstić information content (AvgIpc) is 2.25. The van der Waals surface area contributed by atoms with Crippen LogP contribution in [0.15, 0.2) is 18.2 Å². The van der Waals surface area contributed by atoms with Gasteiger partial charge in [0.15, 0.2) is 0 Å². The standard InChI is InChI=1S/C11H16FNO/c1-14-11-6-2-4-9(8-12)10(11)5-3-7-13/h2,4,6H,3,5,7-8,13H2,1H3. The zero-order chi connectivity index (χ0) is 10.4. The Hall–Kier alpha value is -1.09. The highest BCUT2D eigenvalue weighted by Crippen LogP contribution is 2.24. The van der Waals surface area contributed by atoms with Gasteiger partial charge in [-0.2, -0.15) is 0 Å². The largest absolute Gasteiger partial charge is 0.496 e. The molecule has 0 aliphatic carbocycles. The molecule has 0 aliphatic rings. The first-order valence-electron chi connectivity index (χ1n) is 4.74. The predicted octanol–water partition coefficient (Wildman–Crippen LogP) is 2.06. The molecule has 0 atom stereocenters. The number of benzene rings is 1. The van der Waals surface area contributed by atoms with Crippen molar-refractivity contribution in [3.63, 3.8) is 0 Å². The van der Waals surface area contributed by atoms with E-state index in [1.54, 1.807) is 19.2 Å². The van der Waals surface area contributed by atoms with Gasteiger partial charge in [-0.15, -0.1) is 0 Å². The van der Waals surface area contributed by atoms with Crippen molar-refractivity contribution >= 4 is 0 Å². The van der Waals surface area contributed by atoms with Gasteiger partial charge in [0.25, 0.3) is 0 Å². The summed E-state index contributed by atoms with van der Waals surface area (Å²) in [7, 11) is 1.60. The van der Waals surface area contributed by atoms with Gasteiger partial charge in [0.2, 0.25) is 0 Å². The molecule has 0 saturated heterocycles. The molecule has 2 nitrogen and oxygen atoms in total. The van der Waals surface area contributed by atoms with Crippen LogP contribution in [-0.4, -0.2) is 13.7 Å². The first-order chi connectivity index (χ1) is 6.83. The Morgan fingerprint density at radius 2 is 2.21 bits per heavy atom.